The Morgan fingerprint density at radius 2 is 2.00 bits per heavy atom. The lowest BCUT2D eigenvalue weighted by Gasteiger charge is -2.15. The number of fused-ring (bicyclic) bond motifs is 1. The molecule has 0 saturated heterocycles. The lowest BCUT2D eigenvalue weighted by Crippen LogP contribution is -2.32. The average Bonchev–Trinajstić information content (AvgIpc) is 3.04. The van der Waals surface area contributed by atoms with Crippen LogP contribution < -0.4 is 10.9 Å². The smallest absolute Gasteiger partial charge is 0.337 e. The van der Waals surface area contributed by atoms with E-state index in [9.17, 15) is 19.5 Å². The molecule has 3 rings (SSSR count). The first-order valence-electron chi connectivity index (χ1n) is 8.81. The number of nitrogens with one attached hydrogen (secondary N) is 1. The van der Waals surface area contributed by atoms with Crippen LogP contribution in [0.3, 0.4) is 0 Å². The Labute approximate surface area is 165 Å². The van der Waals surface area contributed by atoms with E-state index in [-0.39, 0.29) is 29.3 Å². The van der Waals surface area contributed by atoms with Gasteiger partial charge in [0.15, 0.2) is 0 Å². The van der Waals surface area contributed by atoms with Gasteiger partial charge >= 0.3 is 5.97 Å². The van der Waals surface area contributed by atoms with Crippen molar-refractivity contribution >= 4 is 39.1 Å². The summed E-state index contributed by atoms with van der Waals surface area (Å²) in [5, 5.41) is 13.6. The maximum atomic E-state index is 13.0. The summed E-state index contributed by atoms with van der Waals surface area (Å²) in [4.78, 5) is 42.0. The third kappa shape index (κ3) is 3.68. The molecule has 0 aliphatic rings. The first-order valence-corrected chi connectivity index (χ1v) is 9.69. The van der Waals surface area contributed by atoms with Crippen molar-refractivity contribution in [3.8, 4) is 0 Å². The quantitative estimate of drug-likeness (QED) is 0.683. The van der Waals surface area contributed by atoms with Crippen LogP contribution >= 0.6 is 11.3 Å². The molecule has 0 saturated carbocycles. The van der Waals surface area contributed by atoms with E-state index in [2.05, 4.69) is 10.3 Å². The molecular weight excluding hydrogens is 378 g/mol. The fourth-order valence-electron chi connectivity index (χ4n) is 2.99. The van der Waals surface area contributed by atoms with Gasteiger partial charge in [-0.05, 0) is 31.0 Å². The zero-order chi connectivity index (χ0) is 20.6. The van der Waals surface area contributed by atoms with Gasteiger partial charge in [-0.2, -0.15) is 0 Å². The molecule has 1 amide bonds. The van der Waals surface area contributed by atoms with E-state index in [0.29, 0.717) is 16.3 Å². The van der Waals surface area contributed by atoms with Crippen LogP contribution in [0.4, 0.5) is 5.69 Å². The molecule has 0 atom stereocenters. The van der Waals surface area contributed by atoms with Crippen LogP contribution in [0.2, 0.25) is 0 Å². The van der Waals surface area contributed by atoms with E-state index in [1.165, 1.54) is 9.95 Å². The molecular formula is C20H21N3O4S. The highest BCUT2D eigenvalue weighted by atomic mass is 32.1. The third-order valence-corrected chi connectivity index (χ3v) is 5.31. The summed E-state index contributed by atoms with van der Waals surface area (Å²) in [6.07, 6.45) is 0. The van der Waals surface area contributed by atoms with Crippen molar-refractivity contribution in [3.63, 3.8) is 0 Å². The zero-order valence-corrected chi connectivity index (χ0v) is 16.9. The maximum absolute atomic E-state index is 13.0. The Balaban J connectivity index is 2.04. The monoisotopic (exact) mass is 399 g/mol. The number of aromatic carboxylic acids is 1. The fraction of sp³-hybridized carbons (Fsp3) is 0.300. The maximum Gasteiger partial charge on any atom is 0.337 e. The van der Waals surface area contributed by atoms with Crippen molar-refractivity contribution in [1.82, 2.24) is 9.55 Å². The van der Waals surface area contributed by atoms with Gasteiger partial charge in [0.25, 0.3) is 5.56 Å². The lowest BCUT2D eigenvalue weighted by molar-refractivity contribution is -0.116. The van der Waals surface area contributed by atoms with Gasteiger partial charge in [0, 0.05) is 17.0 Å². The van der Waals surface area contributed by atoms with Crippen LogP contribution in [0.25, 0.3) is 10.2 Å². The Hall–Kier alpha value is -3.00. The van der Waals surface area contributed by atoms with Crippen LogP contribution in [0, 0.1) is 13.8 Å². The van der Waals surface area contributed by atoms with E-state index in [1.807, 2.05) is 45.9 Å². The number of carboxylic acid groups (broad SMARTS) is 1. The Morgan fingerprint density at radius 1 is 1.29 bits per heavy atom. The fourth-order valence-corrected chi connectivity index (χ4v) is 3.90. The summed E-state index contributed by atoms with van der Waals surface area (Å²) >= 11 is 1.12. The van der Waals surface area contributed by atoms with Crippen molar-refractivity contribution in [2.24, 2.45) is 0 Å². The number of nitrogens with zero attached hydrogens (tertiary/aromatic N) is 2. The molecule has 1 aromatic carbocycles. The number of aromatic nitrogens is 2. The molecule has 2 aromatic heterocycles. The van der Waals surface area contributed by atoms with Crippen molar-refractivity contribution in [2.75, 3.05) is 5.32 Å². The summed E-state index contributed by atoms with van der Waals surface area (Å²) in [6, 6.07) is 5.73. The number of benzene rings is 1. The van der Waals surface area contributed by atoms with E-state index >= 15 is 0 Å². The standard InChI is InChI=1S/C20H21N3O4S/c1-10(2)17-22-18-16(13(9-28-18)20(26)27)19(25)23(17)8-15(24)21-14-7-11(3)5-6-12(14)4/h5-7,9-10H,8H2,1-4H3,(H,21,24)(H,26,27). The molecule has 7 nitrogen and oxygen atoms in total. The van der Waals surface area contributed by atoms with E-state index in [1.54, 1.807) is 0 Å². The third-order valence-electron chi connectivity index (χ3n) is 4.44. The largest absolute Gasteiger partial charge is 0.478 e. The molecule has 0 unspecified atom stereocenters. The van der Waals surface area contributed by atoms with E-state index in [0.717, 1.165) is 22.5 Å². The number of hydrogen-bond acceptors (Lipinski definition) is 5. The van der Waals surface area contributed by atoms with Gasteiger partial charge in [-0.3, -0.25) is 14.2 Å². The Morgan fingerprint density at radius 3 is 2.64 bits per heavy atom. The summed E-state index contributed by atoms with van der Waals surface area (Å²) < 4.78 is 1.27. The summed E-state index contributed by atoms with van der Waals surface area (Å²) in [5.41, 5.74) is 2.00. The highest BCUT2D eigenvalue weighted by molar-refractivity contribution is 7.17. The summed E-state index contributed by atoms with van der Waals surface area (Å²) in [6.45, 7) is 7.33. The SMILES string of the molecule is Cc1ccc(C)c(NC(=O)Cn2c(C(C)C)nc3scc(C(=O)O)c3c2=O)c1. The van der Waals surface area contributed by atoms with Crippen LogP contribution in [0.1, 0.15) is 47.1 Å². The van der Waals surface area contributed by atoms with Gasteiger partial charge < -0.3 is 10.4 Å². The summed E-state index contributed by atoms with van der Waals surface area (Å²) in [5.74, 6) is -1.21. The van der Waals surface area contributed by atoms with Crippen LogP contribution in [0.15, 0.2) is 28.4 Å². The number of amides is 1. The molecule has 0 aliphatic heterocycles. The molecule has 28 heavy (non-hydrogen) atoms. The predicted molar refractivity (Wildman–Crippen MR) is 109 cm³/mol. The number of carboxylic acids is 1. The first-order chi connectivity index (χ1) is 13.2. The molecule has 0 aliphatic carbocycles. The van der Waals surface area contributed by atoms with Gasteiger partial charge in [-0.25, -0.2) is 9.78 Å². The predicted octanol–water partition coefficient (Wildman–Crippen LogP) is 3.54. The number of aryl methyl sites for hydroxylation is 2. The van der Waals surface area contributed by atoms with Gasteiger partial charge in [0.2, 0.25) is 5.91 Å². The first kappa shape index (κ1) is 19.8. The Kier molecular flexibility index (Phi) is 5.33. The number of carbonyl (C=O) groups is 2. The second kappa shape index (κ2) is 7.55. The molecule has 0 radical (unpaired) electrons. The molecule has 146 valence electrons. The van der Waals surface area contributed by atoms with E-state index < -0.39 is 11.5 Å². The number of rotatable bonds is 5. The second-order valence-electron chi connectivity index (χ2n) is 7.02. The van der Waals surface area contributed by atoms with Crippen molar-refractivity contribution in [2.45, 2.75) is 40.2 Å². The second-order valence-corrected chi connectivity index (χ2v) is 7.88. The Bertz CT molecular complexity index is 1140. The van der Waals surface area contributed by atoms with Gasteiger partial charge in [0.1, 0.15) is 17.2 Å². The van der Waals surface area contributed by atoms with Crippen molar-refractivity contribution < 1.29 is 14.7 Å². The normalized spacial score (nSPS) is 11.2. The van der Waals surface area contributed by atoms with Crippen LogP contribution in [0.5, 0.6) is 0 Å². The molecule has 2 heterocycles. The summed E-state index contributed by atoms with van der Waals surface area (Å²) in [7, 11) is 0. The van der Waals surface area contributed by atoms with Gasteiger partial charge in [-0.15, -0.1) is 11.3 Å². The number of carbonyl (C=O) groups excluding carboxylic acids is 1. The van der Waals surface area contributed by atoms with E-state index in [4.69, 9.17) is 0 Å². The average molecular weight is 399 g/mol. The zero-order valence-electron chi connectivity index (χ0n) is 16.1. The minimum Gasteiger partial charge on any atom is -0.478 e. The minimum atomic E-state index is -1.19. The van der Waals surface area contributed by atoms with Crippen molar-refractivity contribution in [3.05, 3.63) is 56.4 Å². The molecule has 0 fully saturated rings. The van der Waals surface area contributed by atoms with Crippen molar-refractivity contribution in [1.29, 1.82) is 0 Å². The van der Waals surface area contributed by atoms with Crippen LogP contribution in [-0.4, -0.2) is 26.5 Å². The molecule has 2 N–H and O–H groups in total. The van der Waals surface area contributed by atoms with Gasteiger partial charge in [0.05, 0.1) is 10.9 Å². The van der Waals surface area contributed by atoms with Crippen LogP contribution in [-0.2, 0) is 11.3 Å². The van der Waals surface area contributed by atoms with Gasteiger partial charge in [-0.1, -0.05) is 26.0 Å². The highest BCUT2D eigenvalue weighted by Crippen LogP contribution is 2.24. The molecule has 0 spiro atoms. The molecule has 8 heteroatoms. The number of hydrogen-bond donors (Lipinski definition) is 2. The molecule has 3 aromatic rings. The minimum absolute atomic E-state index is 0.0430. The number of thiophene rings is 1. The highest BCUT2D eigenvalue weighted by Gasteiger charge is 2.22. The molecule has 0 bridgehead atoms. The lowest BCUT2D eigenvalue weighted by atomic mass is 10.1. The number of anilines is 1. The topological polar surface area (TPSA) is 101 Å².